The minimum Gasteiger partial charge on any atom is -0.468 e. The number of rotatable bonds is 3. The number of hydrogen-bond donors (Lipinski definition) is 2. The Bertz CT molecular complexity index is 587. The summed E-state index contributed by atoms with van der Waals surface area (Å²) < 4.78 is 45.1. The molecule has 2 atom stereocenters. The number of halogens is 3. The smallest absolute Gasteiger partial charge is 0.421 e. The number of alkyl halides is 3. The number of carbonyl (C=O) groups is 2. The molecule has 1 saturated heterocycles. The third-order valence-corrected chi connectivity index (χ3v) is 3.72. The summed E-state index contributed by atoms with van der Waals surface area (Å²) in [5, 5.41) is 5.27. The predicted octanol–water partition coefficient (Wildman–Crippen LogP) is 1.29. The minimum absolute atomic E-state index is 0.147. The molecule has 0 bridgehead atoms. The van der Waals surface area contributed by atoms with Crippen LogP contribution in [-0.2, 0) is 14.3 Å². The minimum atomic E-state index is -5.07. The Hall–Kier alpha value is -2.10. The maximum atomic E-state index is 13.6. The molecule has 114 valence electrons. The topological polar surface area (TPSA) is 80.3 Å². The Morgan fingerprint density at radius 2 is 2.29 bits per heavy atom. The summed E-state index contributed by atoms with van der Waals surface area (Å²) in [5.74, 6) is -4.59. The number of amides is 1. The molecular weight excluding hydrogens is 311 g/mol. The number of nitrogens with zero attached hydrogens (tertiary/aromatic N) is 1. The Balaban J connectivity index is 2.58. The fourth-order valence-electron chi connectivity index (χ4n) is 2.09. The van der Waals surface area contributed by atoms with Crippen LogP contribution < -0.4 is 10.6 Å². The van der Waals surface area contributed by atoms with Crippen molar-refractivity contribution >= 4 is 28.3 Å². The van der Waals surface area contributed by atoms with Gasteiger partial charge >= 0.3 is 12.1 Å². The molecule has 2 heterocycles. The van der Waals surface area contributed by atoms with E-state index >= 15 is 0 Å². The zero-order chi connectivity index (χ0) is 15.8. The Kier molecular flexibility index (Phi) is 3.66. The van der Waals surface area contributed by atoms with Gasteiger partial charge in [0.05, 0.1) is 7.11 Å². The molecule has 0 radical (unpaired) electrons. The lowest BCUT2D eigenvalue weighted by atomic mass is 9.84. The second-order valence-electron chi connectivity index (χ2n) is 4.20. The van der Waals surface area contributed by atoms with Gasteiger partial charge in [-0.2, -0.15) is 13.2 Å². The number of hydrogen-bond acceptors (Lipinski definition) is 6. The summed E-state index contributed by atoms with van der Waals surface area (Å²) in [6.45, 7) is 3.30. The van der Waals surface area contributed by atoms with Crippen LogP contribution in [0, 0.1) is 5.92 Å². The maximum Gasteiger partial charge on any atom is 0.421 e. The molecule has 1 fully saturated rings. The predicted molar refractivity (Wildman–Crippen MR) is 67.3 cm³/mol. The van der Waals surface area contributed by atoms with Crippen LogP contribution in [0.3, 0.4) is 0 Å². The molecule has 2 rings (SSSR count). The van der Waals surface area contributed by atoms with E-state index in [-0.39, 0.29) is 10.8 Å². The number of thiazole rings is 1. The van der Waals surface area contributed by atoms with E-state index in [2.05, 4.69) is 16.3 Å². The third kappa shape index (κ3) is 2.24. The van der Waals surface area contributed by atoms with Crippen molar-refractivity contribution in [2.75, 3.05) is 12.4 Å². The molecule has 1 aromatic rings. The molecule has 1 aromatic heterocycles. The van der Waals surface area contributed by atoms with Gasteiger partial charge in [-0.1, -0.05) is 6.58 Å². The molecule has 1 aliphatic heterocycles. The average molecular weight is 321 g/mol. The highest BCUT2D eigenvalue weighted by atomic mass is 32.1. The summed E-state index contributed by atoms with van der Waals surface area (Å²) in [6.07, 6.45) is -3.80. The summed E-state index contributed by atoms with van der Waals surface area (Å²) in [6, 6.07) is 0. The summed E-state index contributed by atoms with van der Waals surface area (Å²) in [7, 11) is 0.933. The van der Waals surface area contributed by atoms with Crippen molar-refractivity contribution in [2.45, 2.75) is 11.7 Å². The largest absolute Gasteiger partial charge is 0.468 e. The lowest BCUT2D eigenvalue weighted by Gasteiger charge is -2.33. The van der Waals surface area contributed by atoms with E-state index in [9.17, 15) is 22.8 Å². The van der Waals surface area contributed by atoms with Gasteiger partial charge < -0.3 is 15.4 Å². The molecule has 0 saturated carbocycles. The number of aromatic nitrogens is 1. The van der Waals surface area contributed by atoms with Gasteiger partial charge in [0.15, 0.2) is 5.13 Å². The van der Waals surface area contributed by atoms with Crippen molar-refractivity contribution < 1.29 is 27.5 Å². The first-order valence-electron chi connectivity index (χ1n) is 5.56. The van der Waals surface area contributed by atoms with Crippen molar-refractivity contribution in [3.63, 3.8) is 0 Å². The van der Waals surface area contributed by atoms with Crippen LogP contribution >= 0.6 is 11.3 Å². The molecule has 21 heavy (non-hydrogen) atoms. The van der Waals surface area contributed by atoms with Gasteiger partial charge in [-0.25, -0.2) is 4.98 Å². The number of anilines is 1. The highest BCUT2D eigenvalue weighted by Crippen LogP contribution is 2.45. The van der Waals surface area contributed by atoms with Crippen LogP contribution in [-0.4, -0.2) is 35.7 Å². The van der Waals surface area contributed by atoms with Crippen LogP contribution in [0.5, 0.6) is 0 Å². The maximum absolute atomic E-state index is 13.6. The zero-order valence-electron chi connectivity index (χ0n) is 10.7. The molecule has 2 N–H and O–H groups in total. The number of esters is 1. The van der Waals surface area contributed by atoms with Crippen molar-refractivity contribution in [2.24, 2.45) is 5.92 Å². The Labute approximate surface area is 121 Å². The van der Waals surface area contributed by atoms with Gasteiger partial charge in [0.2, 0.25) is 5.54 Å². The Morgan fingerprint density at radius 3 is 2.76 bits per heavy atom. The fourth-order valence-corrected chi connectivity index (χ4v) is 2.68. The summed E-state index contributed by atoms with van der Waals surface area (Å²) in [4.78, 5) is 27.3. The lowest BCUT2D eigenvalue weighted by Crippen LogP contribution is -2.62. The van der Waals surface area contributed by atoms with E-state index in [1.165, 1.54) is 11.6 Å². The first-order chi connectivity index (χ1) is 9.74. The van der Waals surface area contributed by atoms with Gasteiger partial charge in [-0.3, -0.25) is 9.59 Å². The summed E-state index contributed by atoms with van der Waals surface area (Å²) >= 11 is 0.865. The van der Waals surface area contributed by atoms with Crippen molar-refractivity contribution in [1.29, 1.82) is 0 Å². The fraction of sp³-hybridized carbons (Fsp3) is 0.364. The first kappa shape index (κ1) is 15.3. The molecule has 6 nitrogen and oxygen atoms in total. The van der Waals surface area contributed by atoms with Gasteiger partial charge in [0, 0.05) is 17.3 Å². The number of ether oxygens (including phenoxy) is 1. The van der Waals surface area contributed by atoms with E-state index in [1.54, 1.807) is 0 Å². The van der Waals surface area contributed by atoms with Crippen LogP contribution in [0.1, 0.15) is 0 Å². The monoisotopic (exact) mass is 321 g/mol. The van der Waals surface area contributed by atoms with E-state index < -0.39 is 29.5 Å². The van der Waals surface area contributed by atoms with E-state index in [4.69, 9.17) is 0 Å². The number of methoxy groups -OCH3 is 1. The van der Waals surface area contributed by atoms with Gasteiger partial charge in [0.25, 0.3) is 5.91 Å². The molecule has 0 spiro atoms. The zero-order valence-corrected chi connectivity index (χ0v) is 11.5. The molecule has 0 aromatic carbocycles. The van der Waals surface area contributed by atoms with E-state index in [0.29, 0.717) is 0 Å². The van der Waals surface area contributed by atoms with E-state index in [0.717, 1.165) is 18.4 Å². The molecular formula is C11H10F3N3O3S. The quantitative estimate of drug-likeness (QED) is 0.820. The van der Waals surface area contributed by atoms with Crippen molar-refractivity contribution in [3.8, 4) is 0 Å². The highest BCUT2D eigenvalue weighted by Gasteiger charge is 2.72. The lowest BCUT2D eigenvalue weighted by molar-refractivity contribution is -0.195. The first-order valence-corrected chi connectivity index (χ1v) is 6.44. The molecule has 10 heteroatoms. The average Bonchev–Trinajstić information content (AvgIpc) is 2.96. The number of nitrogens with one attached hydrogen (secondary N) is 2. The van der Waals surface area contributed by atoms with E-state index in [1.807, 2.05) is 10.6 Å². The van der Waals surface area contributed by atoms with Crippen LogP contribution in [0.15, 0.2) is 23.9 Å². The van der Waals surface area contributed by atoms with Gasteiger partial charge in [0.1, 0.15) is 5.92 Å². The standard InChI is InChI=1S/C11H10F3N3O3S/c1-5-6(7(18)20-2)10(8(19)16-5,11(12,13)14)17-9-15-3-4-21-9/h3-4,6H,1H2,2H3,(H,15,17)(H,16,19)/t6-,10-/m0/s1. The van der Waals surface area contributed by atoms with Crippen LogP contribution in [0.2, 0.25) is 0 Å². The third-order valence-electron chi connectivity index (χ3n) is 3.03. The highest BCUT2D eigenvalue weighted by molar-refractivity contribution is 7.13. The molecule has 0 aliphatic carbocycles. The van der Waals surface area contributed by atoms with Gasteiger partial charge in [-0.05, 0) is 0 Å². The van der Waals surface area contributed by atoms with Crippen molar-refractivity contribution in [3.05, 3.63) is 23.9 Å². The van der Waals surface area contributed by atoms with Crippen LogP contribution in [0.25, 0.3) is 0 Å². The van der Waals surface area contributed by atoms with Crippen molar-refractivity contribution in [1.82, 2.24) is 10.3 Å². The van der Waals surface area contributed by atoms with Gasteiger partial charge in [-0.15, -0.1) is 11.3 Å². The molecule has 1 aliphatic rings. The second kappa shape index (κ2) is 5.02. The molecule has 0 unspecified atom stereocenters. The normalized spacial score (nSPS) is 25.6. The SMILES string of the molecule is C=C1NC(=O)[C@](Nc2nccs2)(C(F)(F)F)[C@@H]1C(=O)OC. The number of carbonyl (C=O) groups excluding carboxylic acids is 2. The van der Waals surface area contributed by atoms with Crippen LogP contribution in [0.4, 0.5) is 18.3 Å². The second-order valence-corrected chi connectivity index (χ2v) is 5.10. The Morgan fingerprint density at radius 1 is 1.62 bits per heavy atom. The summed E-state index contributed by atoms with van der Waals surface area (Å²) in [5.41, 5.74) is -3.58. The molecule has 1 amide bonds.